The second kappa shape index (κ2) is 11.3. The Morgan fingerprint density at radius 1 is 1.07 bits per heavy atom. The molecule has 7 heteroatoms. The Morgan fingerprint density at radius 3 is 2.47 bits per heavy atom. The van der Waals surface area contributed by atoms with E-state index in [-0.39, 0.29) is 18.0 Å². The predicted molar refractivity (Wildman–Crippen MR) is 118 cm³/mol. The van der Waals surface area contributed by atoms with Crippen LogP contribution in [0.15, 0.2) is 53.6 Å². The molecule has 0 spiro atoms. The zero-order chi connectivity index (χ0) is 21.2. The number of carbonyl (C=O) groups is 1. The molecule has 30 heavy (non-hydrogen) atoms. The zero-order valence-corrected chi connectivity index (χ0v) is 17.6. The van der Waals surface area contributed by atoms with E-state index in [1.807, 2.05) is 55.5 Å². The van der Waals surface area contributed by atoms with Crippen LogP contribution in [-0.4, -0.2) is 31.4 Å². The average Bonchev–Trinajstić information content (AvgIpc) is 3.26. The van der Waals surface area contributed by atoms with E-state index in [9.17, 15) is 4.79 Å². The van der Waals surface area contributed by atoms with Gasteiger partial charge < -0.3 is 9.47 Å². The van der Waals surface area contributed by atoms with Gasteiger partial charge in [0.05, 0.1) is 19.4 Å². The van der Waals surface area contributed by atoms with Crippen molar-refractivity contribution in [2.24, 2.45) is 5.10 Å². The normalized spacial score (nSPS) is 18.5. The summed E-state index contributed by atoms with van der Waals surface area (Å²) in [4.78, 5) is 12.4. The maximum absolute atomic E-state index is 12.4. The molecule has 1 amide bonds. The van der Waals surface area contributed by atoms with Crippen molar-refractivity contribution in [2.75, 3.05) is 13.2 Å². The van der Waals surface area contributed by atoms with E-state index < -0.39 is 0 Å². The number of hydrazine groups is 1. The van der Waals surface area contributed by atoms with Gasteiger partial charge in [0.25, 0.3) is 5.91 Å². The Morgan fingerprint density at radius 2 is 1.77 bits per heavy atom. The highest BCUT2D eigenvalue weighted by molar-refractivity contribution is 5.85. The number of nitrogens with zero attached hydrogens (tertiary/aromatic N) is 1. The summed E-state index contributed by atoms with van der Waals surface area (Å²) in [7, 11) is 0. The maximum Gasteiger partial charge on any atom is 0.258 e. The summed E-state index contributed by atoms with van der Waals surface area (Å²) in [5.41, 5.74) is 10.8. The Bertz CT molecular complexity index is 821. The number of hydrogen-bond acceptors (Lipinski definition) is 6. The zero-order valence-electron chi connectivity index (χ0n) is 17.6. The number of ether oxygens (including phenoxy) is 2. The standard InChI is InChI=1S/C23H30N4O3/c1-3-5-14-30-20-10-6-17(7-11-20)16-24-27-23(28)22-15-21(25-26-22)18-8-12-19(13-9-18)29-4-2/h6-13,16,21-22,25-26H,3-5,14-15H2,1-2H3,(H,27,28)/b24-16+. The van der Waals surface area contributed by atoms with Crippen LogP contribution in [0.4, 0.5) is 0 Å². The van der Waals surface area contributed by atoms with Gasteiger partial charge in [-0.2, -0.15) is 5.10 Å². The third-order valence-electron chi connectivity index (χ3n) is 4.85. The van der Waals surface area contributed by atoms with Crippen LogP contribution in [0, 0.1) is 0 Å². The molecule has 0 radical (unpaired) electrons. The molecule has 1 fully saturated rings. The molecular weight excluding hydrogens is 380 g/mol. The summed E-state index contributed by atoms with van der Waals surface area (Å²) in [5, 5.41) is 4.07. The molecule has 0 aromatic heterocycles. The van der Waals surface area contributed by atoms with Crippen LogP contribution in [0.5, 0.6) is 11.5 Å². The van der Waals surface area contributed by atoms with Crippen LogP contribution in [0.25, 0.3) is 0 Å². The fourth-order valence-corrected chi connectivity index (χ4v) is 3.14. The van der Waals surface area contributed by atoms with Gasteiger partial charge in [0, 0.05) is 6.04 Å². The van der Waals surface area contributed by atoms with Crippen LogP contribution >= 0.6 is 0 Å². The molecule has 7 nitrogen and oxygen atoms in total. The molecule has 1 aliphatic heterocycles. The molecular formula is C23H30N4O3. The minimum absolute atomic E-state index is 0.0562. The number of rotatable bonds is 10. The number of unbranched alkanes of at least 4 members (excludes halogenated alkanes) is 1. The van der Waals surface area contributed by atoms with Crippen molar-refractivity contribution in [3.05, 3.63) is 59.7 Å². The van der Waals surface area contributed by atoms with Crippen molar-refractivity contribution < 1.29 is 14.3 Å². The first kappa shape index (κ1) is 21.8. The van der Waals surface area contributed by atoms with E-state index in [4.69, 9.17) is 9.47 Å². The van der Waals surface area contributed by atoms with E-state index >= 15 is 0 Å². The second-order valence-electron chi connectivity index (χ2n) is 7.14. The van der Waals surface area contributed by atoms with Crippen molar-refractivity contribution in [3.63, 3.8) is 0 Å². The number of carbonyl (C=O) groups excluding carboxylic acids is 1. The number of nitrogens with one attached hydrogen (secondary N) is 3. The Labute approximate surface area is 177 Å². The van der Waals surface area contributed by atoms with Crippen molar-refractivity contribution in [2.45, 2.75) is 45.2 Å². The summed E-state index contributed by atoms with van der Waals surface area (Å²) >= 11 is 0. The fourth-order valence-electron chi connectivity index (χ4n) is 3.14. The molecule has 0 aliphatic carbocycles. The molecule has 1 heterocycles. The minimum atomic E-state index is -0.354. The summed E-state index contributed by atoms with van der Waals surface area (Å²) in [6, 6.07) is 15.2. The van der Waals surface area contributed by atoms with Gasteiger partial charge in [-0.25, -0.2) is 16.3 Å². The van der Waals surface area contributed by atoms with Crippen LogP contribution in [0.1, 0.15) is 50.3 Å². The third-order valence-corrected chi connectivity index (χ3v) is 4.85. The first-order valence-corrected chi connectivity index (χ1v) is 10.5. The lowest BCUT2D eigenvalue weighted by Crippen LogP contribution is -2.41. The van der Waals surface area contributed by atoms with E-state index in [1.54, 1.807) is 6.21 Å². The molecule has 2 atom stereocenters. The van der Waals surface area contributed by atoms with Gasteiger partial charge in [0.2, 0.25) is 0 Å². The highest BCUT2D eigenvalue weighted by Gasteiger charge is 2.30. The second-order valence-corrected chi connectivity index (χ2v) is 7.14. The van der Waals surface area contributed by atoms with E-state index in [0.717, 1.165) is 42.1 Å². The molecule has 0 bridgehead atoms. The van der Waals surface area contributed by atoms with Crippen molar-refractivity contribution in [1.82, 2.24) is 16.3 Å². The maximum atomic E-state index is 12.4. The van der Waals surface area contributed by atoms with Gasteiger partial charge in [-0.1, -0.05) is 25.5 Å². The molecule has 1 aliphatic rings. The number of hydrazone groups is 1. The molecule has 160 valence electrons. The Balaban J connectivity index is 1.45. The first-order valence-electron chi connectivity index (χ1n) is 10.5. The quantitative estimate of drug-likeness (QED) is 0.318. The van der Waals surface area contributed by atoms with Gasteiger partial charge in [-0.3, -0.25) is 4.79 Å². The number of amides is 1. The van der Waals surface area contributed by atoms with Crippen LogP contribution in [-0.2, 0) is 4.79 Å². The van der Waals surface area contributed by atoms with E-state index in [1.165, 1.54) is 0 Å². The molecule has 3 rings (SSSR count). The summed E-state index contributed by atoms with van der Waals surface area (Å²) in [6.45, 7) is 5.46. The largest absolute Gasteiger partial charge is 0.494 e. The van der Waals surface area contributed by atoms with Crippen molar-refractivity contribution in [1.29, 1.82) is 0 Å². The lowest BCUT2D eigenvalue weighted by Gasteiger charge is -2.10. The van der Waals surface area contributed by atoms with Crippen LogP contribution < -0.4 is 25.8 Å². The predicted octanol–water partition coefficient (Wildman–Crippen LogP) is 3.32. The van der Waals surface area contributed by atoms with Crippen molar-refractivity contribution >= 4 is 12.1 Å². The lowest BCUT2D eigenvalue weighted by molar-refractivity contribution is -0.122. The summed E-state index contributed by atoms with van der Waals surface area (Å²) in [5.74, 6) is 1.51. The van der Waals surface area contributed by atoms with Crippen molar-refractivity contribution in [3.8, 4) is 11.5 Å². The van der Waals surface area contributed by atoms with Crippen LogP contribution in [0.3, 0.4) is 0 Å². The molecule has 0 saturated carbocycles. The monoisotopic (exact) mass is 410 g/mol. The first-order chi connectivity index (χ1) is 14.7. The van der Waals surface area contributed by atoms with Gasteiger partial charge >= 0.3 is 0 Å². The van der Waals surface area contributed by atoms with Gasteiger partial charge in [-0.15, -0.1) is 0 Å². The van der Waals surface area contributed by atoms with Gasteiger partial charge in [0.1, 0.15) is 17.5 Å². The summed E-state index contributed by atoms with van der Waals surface area (Å²) in [6.07, 6.45) is 4.41. The minimum Gasteiger partial charge on any atom is -0.494 e. The SMILES string of the molecule is CCCCOc1ccc(/C=N/NC(=O)C2CC(c3ccc(OCC)cc3)NN2)cc1. The molecule has 2 aromatic carbocycles. The van der Waals surface area contributed by atoms with E-state index in [0.29, 0.717) is 13.0 Å². The fraction of sp³-hybridized carbons (Fsp3) is 0.391. The van der Waals surface area contributed by atoms with Gasteiger partial charge in [-0.05, 0) is 67.3 Å². The lowest BCUT2D eigenvalue weighted by atomic mass is 10.0. The molecule has 1 saturated heterocycles. The highest BCUT2D eigenvalue weighted by Crippen LogP contribution is 2.24. The highest BCUT2D eigenvalue weighted by atomic mass is 16.5. The van der Waals surface area contributed by atoms with Crippen LogP contribution in [0.2, 0.25) is 0 Å². The topological polar surface area (TPSA) is 84.0 Å². The third kappa shape index (κ3) is 6.30. The van der Waals surface area contributed by atoms with Gasteiger partial charge in [0.15, 0.2) is 0 Å². The average molecular weight is 411 g/mol. The smallest absolute Gasteiger partial charge is 0.258 e. The number of benzene rings is 2. The Kier molecular flexibility index (Phi) is 8.23. The molecule has 2 aromatic rings. The van der Waals surface area contributed by atoms with E-state index in [2.05, 4.69) is 28.3 Å². The Hall–Kier alpha value is -2.90. The summed E-state index contributed by atoms with van der Waals surface area (Å²) < 4.78 is 11.1. The molecule has 2 unspecified atom stereocenters. The number of hydrogen-bond donors (Lipinski definition) is 3. The molecule has 3 N–H and O–H groups in total.